The van der Waals surface area contributed by atoms with Gasteiger partial charge in [0.1, 0.15) is 11.6 Å². The van der Waals surface area contributed by atoms with Gasteiger partial charge in [-0.15, -0.1) is 0 Å². The lowest BCUT2D eigenvalue weighted by Crippen LogP contribution is -2.53. The summed E-state index contributed by atoms with van der Waals surface area (Å²) in [5.41, 5.74) is 5.03. The predicted octanol–water partition coefficient (Wildman–Crippen LogP) is 1.09. The number of rotatable bonds is 1. The van der Waals surface area contributed by atoms with Crippen molar-refractivity contribution in [1.82, 2.24) is 4.90 Å². The summed E-state index contributed by atoms with van der Waals surface area (Å²) in [5.74, 6) is 1.49. The summed E-state index contributed by atoms with van der Waals surface area (Å²) in [6.45, 7) is 5.97. The molecule has 0 spiro atoms. The van der Waals surface area contributed by atoms with Gasteiger partial charge in [-0.3, -0.25) is 4.90 Å². The van der Waals surface area contributed by atoms with Crippen LogP contribution in [0.3, 0.4) is 0 Å². The number of hydrogen-bond donors (Lipinski definition) is 2. The summed E-state index contributed by atoms with van der Waals surface area (Å²) < 4.78 is 5.29. The average molecular weight is 261 g/mol. The Bertz CT molecular complexity index is 314. The Morgan fingerprint density at radius 3 is 2.76 bits per heavy atom. The van der Waals surface area contributed by atoms with Crippen LogP contribution in [0.1, 0.15) is 20.8 Å². The molecule has 0 aromatic heterocycles. The lowest BCUT2D eigenvalue weighted by Gasteiger charge is -2.35. The van der Waals surface area contributed by atoms with Gasteiger partial charge in [0.2, 0.25) is 0 Å². The maximum absolute atomic E-state index is 11.9. The second-order valence-electron chi connectivity index (χ2n) is 4.79. The van der Waals surface area contributed by atoms with Crippen molar-refractivity contribution >= 4 is 23.7 Å². The fraction of sp³-hybridized carbons (Fsp3) is 0.800. The number of ether oxygens (including phenoxy) is 1. The van der Waals surface area contributed by atoms with Crippen LogP contribution in [0.5, 0.6) is 0 Å². The fourth-order valence-electron chi connectivity index (χ4n) is 1.45. The molecule has 7 heteroatoms. The molecule has 3 N–H and O–H groups in total. The molecular formula is C10H19N3O3S. The van der Waals surface area contributed by atoms with E-state index in [9.17, 15) is 4.79 Å². The van der Waals surface area contributed by atoms with Crippen molar-refractivity contribution in [3.63, 3.8) is 0 Å². The summed E-state index contributed by atoms with van der Waals surface area (Å²) in [7, 11) is 0. The predicted molar refractivity (Wildman–Crippen MR) is 67.5 cm³/mol. The smallest absolute Gasteiger partial charge is 0.410 e. The Labute approximate surface area is 105 Å². The quantitative estimate of drug-likeness (QED) is 0.319. The lowest BCUT2D eigenvalue weighted by atomic mass is 10.2. The minimum atomic E-state index is -0.544. The Morgan fingerprint density at radius 1 is 1.59 bits per heavy atom. The molecule has 1 amide bonds. The molecule has 0 aliphatic carbocycles. The largest absolute Gasteiger partial charge is 0.444 e. The fourth-order valence-corrected chi connectivity index (χ4v) is 2.52. The molecule has 0 aromatic rings. The second kappa shape index (κ2) is 5.48. The van der Waals surface area contributed by atoms with Gasteiger partial charge in [-0.25, -0.2) is 4.79 Å². The molecule has 1 atom stereocenters. The molecule has 0 bridgehead atoms. The van der Waals surface area contributed by atoms with Crippen LogP contribution in [0.25, 0.3) is 0 Å². The number of carbonyl (C=O) groups excluding carboxylic acids is 1. The summed E-state index contributed by atoms with van der Waals surface area (Å²) in [6.07, 6.45) is -0.422. The number of amidine groups is 1. The van der Waals surface area contributed by atoms with E-state index in [4.69, 9.17) is 15.7 Å². The first kappa shape index (κ1) is 14.0. The van der Waals surface area contributed by atoms with Crippen LogP contribution in [0.4, 0.5) is 4.79 Å². The Hall–Kier alpha value is -1.11. The highest BCUT2D eigenvalue weighted by Crippen LogP contribution is 2.19. The summed E-state index contributed by atoms with van der Waals surface area (Å²) in [4.78, 5) is 13.5. The molecular weight excluding hydrogens is 242 g/mol. The standard InChI is InChI=1S/C10H19N3O3S/c1-10(2,3)16-9(14)13-4-5-17-6-7(13)8(11)12-15/h7,15H,4-6H2,1-3H3,(H2,11,12)/t7-/m1/s1. The van der Waals surface area contributed by atoms with Gasteiger partial charge in [-0.2, -0.15) is 11.8 Å². The second-order valence-corrected chi connectivity index (χ2v) is 5.94. The molecule has 1 fully saturated rings. The lowest BCUT2D eigenvalue weighted by molar-refractivity contribution is 0.0232. The Kier molecular flexibility index (Phi) is 4.50. The average Bonchev–Trinajstić information content (AvgIpc) is 2.25. The first-order valence-electron chi connectivity index (χ1n) is 5.40. The summed E-state index contributed by atoms with van der Waals surface area (Å²) >= 11 is 1.66. The molecule has 98 valence electrons. The SMILES string of the molecule is CC(C)(C)OC(=O)N1CCSC[C@@H]1C(N)=NO. The number of nitrogens with zero attached hydrogens (tertiary/aromatic N) is 2. The van der Waals surface area contributed by atoms with Crippen molar-refractivity contribution in [2.24, 2.45) is 10.9 Å². The zero-order valence-electron chi connectivity index (χ0n) is 10.3. The maximum Gasteiger partial charge on any atom is 0.410 e. The van der Waals surface area contributed by atoms with Gasteiger partial charge < -0.3 is 15.7 Å². The molecule has 17 heavy (non-hydrogen) atoms. The van der Waals surface area contributed by atoms with E-state index in [1.165, 1.54) is 4.90 Å². The monoisotopic (exact) mass is 261 g/mol. The minimum Gasteiger partial charge on any atom is -0.444 e. The summed E-state index contributed by atoms with van der Waals surface area (Å²) in [5, 5.41) is 11.7. The Morgan fingerprint density at radius 2 is 2.24 bits per heavy atom. The third-order valence-corrected chi connectivity index (χ3v) is 3.24. The molecule has 0 unspecified atom stereocenters. The van der Waals surface area contributed by atoms with Crippen LogP contribution in [-0.4, -0.2) is 51.7 Å². The number of hydrogen-bond acceptors (Lipinski definition) is 5. The third-order valence-electron chi connectivity index (χ3n) is 2.21. The van der Waals surface area contributed by atoms with Crippen molar-refractivity contribution in [1.29, 1.82) is 0 Å². The van der Waals surface area contributed by atoms with E-state index in [2.05, 4.69) is 5.16 Å². The topological polar surface area (TPSA) is 88.2 Å². The van der Waals surface area contributed by atoms with Crippen molar-refractivity contribution in [3.8, 4) is 0 Å². The number of oxime groups is 1. The molecule has 0 saturated carbocycles. The normalized spacial score (nSPS) is 22.4. The molecule has 1 aliphatic heterocycles. The van der Waals surface area contributed by atoms with Gasteiger partial charge in [0.05, 0.1) is 0 Å². The van der Waals surface area contributed by atoms with E-state index in [1.54, 1.807) is 11.8 Å². The molecule has 0 radical (unpaired) electrons. The van der Waals surface area contributed by atoms with E-state index in [0.29, 0.717) is 12.3 Å². The van der Waals surface area contributed by atoms with Gasteiger partial charge in [0.25, 0.3) is 0 Å². The van der Waals surface area contributed by atoms with E-state index in [1.807, 2.05) is 20.8 Å². The number of amides is 1. The zero-order valence-corrected chi connectivity index (χ0v) is 11.2. The van der Waals surface area contributed by atoms with Crippen LogP contribution in [0.15, 0.2) is 5.16 Å². The van der Waals surface area contributed by atoms with E-state index in [0.717, 1.165) is 5.75 Å². The van der Waals surface area contributed by atoms with Crippen LogP contribution in [-0.2, 0) is 4.74 Å². The van der Waals surface area contributed by atoms with Crippen molar-refractivity contribution in [3.05, 3.63) is 0 Å². The van der Waals surface area contributed by atoms with Crippen molar-refractivity contribution in [2.45, 2.75) is 32.4 Å². The molecule has 6 nitrogen and oxygen atoms in total. The number of nitrogens with two attached hydrogens (primary N) is 1. The molecule has 1 aliphatic rings. The zero-order chi connectivity index (χ0) is 13.1. The molecule has 1 heterocycles. The van der Waals surface area contributed by atoms with E-state index >= 15 is 0 Å². The first-order valence-corrected chi connectivity index (χ1v) is 6.55. The minimum absolute atomic E-state index is 0.0445. The number of carbonyl (C=O) groups is 1. The molecule has 1 saturated heterocycles. The maximum atomic E-state index is 11.9. The van der Waals surface area contributed by atoms with Gasteiger partial charge in [0, 0.05) is 18.1 Å². The highest BCUT2D eigenvalue weighted by molar-refractivity contribution is 7.99. The van der Waals surface area contributed by atoms with Gasteiger partial charge in [-0.1, -0.05) is 5.16 Å². The van der Waals surface area contributed by atoms with Crippen LogP contribution >= 0.6 is 11.8 Å². The molecule has 0 aromatic carbocycles. The number of thioether (sulfide) groups is 1. The van der Waals surface area contributed by atoms with Crippen molar-refractivity contribution < 1.29 is 14.7 Å². The van der Waals surface area contributed by atoms with Gasteiger partial charge in [-0.05, 0) is 20.8 Å². The first-order chi connectivity index (χ1) is 7.85. The van der Waals surface area contributed by atoms with Crippen LogP contribution < -0.4 is 5.73 Å². The highest BCUT2D eigenvalue weighted by atomic mass is 32.2. The van der Waals surface area contributed by atoms with Gasteiger partial charge in [0.15, 0.2) is 5.84 Å². The van der Waals surface area contributed by atoms with Gasteiger partial charge >= 0.3 is 6.09 Å². The van der Waals surface area contributed by atoms with Crippen LogP contribution in [0, 0.1) is 0 Å². The highest BCUT2D eigenvalue weighted by Gasteiger charge is 2.33. The van der Waals surface area contributed by atoms with Crippen molar-refractivity contribution in [2.75, 3.05) is 18.1 Å². The van der Waals surface area contributed by atoms with E-state index in [-0.39, 0.29) is 5.84 Å². The van der Waals surface area contributed by atoms with E-state index < -0.39 is 17.7 Å². The Balaban J connectivity index is 2.75. The molecule has 1 rings (SSSR count). The third kappa shape index (κ3) is 3.99. The van der Waals surface area contributed by atoms with Crippen LogP contribution in [0.2, 0.25) is 0 Å². The summed E-state index contributed by atoms with van der Waals surface area (Å²) in [6, 6.07) is -0.395.